The third-order valence-corrected chi connectivity index (χ3v) is 4.55. The summed E-state index contributed by atoms with van der Waals surface area (Å²) < 4.78 is 0. The number of fused-ring (bicyclic) bond motifs is 1. The first kappa shape index (κ1) is 17.5. The predicted molar refractivity (Wildman–Crippen MR) is 97.7 cm³/mol. The Kier molecular flexibility index (Phi) is 4.84. The fourth-order valence-electron chi connectivity index (χ4n) is 3.44. The number of hydrogen-bond donors (Lipinski definition) is 1. The van der Waals surface area contributed by atoms with Crippen molar-refractivity contribution in [2.45, 2.75) is 53.0 Å². The summed E-state index contributed by atoms with van der Waals surface area (Å²) >= 11 is 0. The summed E-state index contributed by atoms with van der Waals surface area (Å²) in [5.74, 6) is 1.16. The van der Waals surface area contributed by atoms with Crippen LogP contribution < -0.4 is 5.32 Å². The van der Waals surface area contributed by atoms with Crippen molar-refractivity contribution in [2.75, 3.05) is 0 Å². The third kappa shape index (κ3) is 4.21. The number of hydrogen-bond acceptors (Lipinski definition) is 4. The number of carbonyl (C=O) groups excluding carboxylic acids is 1. The average molecular weight is 338 g/mol. The SMILES string of the molecule is CC(C)CC(=O)N[C@H]1CC(C)(C)Cc2nc(-c3ccncc3)ncc21. The fourth-order valence-corrected chi connectivity index (χ4v) is 3.44. The number of carbonyl (C=O) groups is 1. The van der Waals surface area contributed by atoms with Gasteiger partial charge in [0.25, 0.3) is 0 Å². The van der Waals surface area contributed by atoms with Gasteiger partial charge in [0, 0.05) is 36.1 Å². The minimum atomic E-state index is -0.0171. The predicted octanol–water partition coefficient (Wildman–Crippen LogP) is 3.71. The van der Waals surface area contributed by atoms with Crippen LogP contribution in [0.4, 0.5) is 0 Å². The fraction of sp³-hybridized carbons (Fsp3) is 0.500. The summed E-state index contributed by atoms with van der Waals surface area (Å²) in [6, 6.07) is 3.81. The van der Waals surface area contributed by atoms with Crippen LogP contribution in [-0.2, 0) is 11.2 Å². The zero-order valence-electron chi connectivity index (χ0n) is 15.4. The van der Waals surface area contributed by atoms with E-state index in [9.17, 15) is 4.79 Å². The molecule has 2 aromatic heterocycles. The molecule has 132 valence electrons. The zero-order valence-corrected chi connectivity index (χ0v) is 15.4. The van der Waals surface area contributed by atoms with Crippen molar-refractivity contribution in [3.8, 4) is 11.4 Å². The van der Waals surface area contributed by atoms with Gasteiger partial charge in [0.1, 0.15) is 0 Å². The molecule has 25 heavy (non-hydrogen) atoms. The zero-order chi connectivity index (χ0) is 18.0. The van der Waals surface area contributed by atoms with Gasteiger partial charge in [-0.1, -0.05) is 27.7 Å². The maximum Gasteiger partial charge on any atom is 0.220 e. The van der Waals surface area contributed by atoms with Gasteiger partial charge in [-0.2, -0.15) is 0 Å². The molecule has 0 radical (unpaired) electrons. The van der Waals surface area contributed by atoms with Crippen LogP contribution in [0, 0.1) is 11.3 Å². The number of nitrogens with zero attached hydrogens (tertiary/aromatic N) is 3. The van der Waals surface area contributed by atoms with Gasteiger partial charge in [-0.3, -0.25) is 9.78 Å². The number of nitrogens with one attached hydrogen (secondary N) is 1. The number of amides is 1. The Morgan fingerprint density at radius 1 is 1.32 bits per heavy atom. The molecular weight excluding hydrogens is 312 g/mol. The lowest BCUT2D eigenvalue weighted by molar-refractivity contribution is -0.122. The second-order valence-electron chi connectivity index (χ2n) is 8.09. The molecule has 3 rings (SSSR count). The van der Waals surface area contributed by atoms with Crippen molar-refractivity contribution >= 4 is 5.91 Å². The van der Waals surface area contributed by atoms with Crippen molar-refractivity contribution < 1.29 is 4.79 Å². The molecule has 2 heterocycles. The quantitative estimate of drug-likeness (QED) is 0.922. The van der Waals surface area contributed by atoms with E-state index in [1.54, 1.807) is 12.4 Å². The Labute approximate surface area is 149 Å². The molecule has 1 N–H and O–H groups in total. The van der Waals surface area contributed by atoms with E-state index >= 15 is 0 Å². The van der Waals surface area contributed by atoms with Crippen LogP contribution in [0.5, 0.6) is 0 Å². The Morgan fingerprint density at radius 3 is 2.72 bits per heavy atom. The Bertz CT molecular complexity index is 756. The van der Waals surface area contributed by atoms with Gasteiger partial charge >= 0.3 is 0 Å². The molecule has 5 heteroatoms. The maximum atomic E-state index is 12.3. The number of aromatic nitrogens is 3. The minimum Gasteiger partial charge on any atom is -0.349 e. The number of pyridine rings is 1. The van der Waals surface area contributed by atoms with E-state index in [0.717, 1.165) is 29.7 Å². The molecule has 0 aliphatic heterocycles. The highest BCUT2D eigenvalue weighted by Crippen LogP contribution is 2.40. The topological polar surface area (TPSA) is 67.8 Å². The van der Waals surface area contributed by atoms with Gasteiger partial charge in [-0.15, -0.1) is 0 Å². The van der Waals surface area contributed by atoms with E-state index in [1.807, 2.05) is 18.3 Å². The van der Waals surface area contributed by atoms with Crippen LogP contribution in [0.15, 0.2) is 30.7 Å². The largest absolute Gasteiger partial charge is 0.349 e. The summed E-state index contributed by atoms with van der Waals surface area (Å²) in [7, 11) is 0. The van der Waals surface area contributed by atoms with E-state index < -0.39 is 0 Å². The van der Waals surface area contributed by atoms with Gasteiger partial charge in [0.2, 0.25) is 5.91 Å². The van der Waals surface area contributed by atoms with E-state index in [0.29, 0.717) is 18.2 Å². The average Bonchev–Trinajstić information content (AvgIpc) is 2.53. The Hall–Kier alpha value is -2.30. The Morgan fingerprint density at radius 2 is 2.04 bits per heavy atom. The second kappa shape index (κ2) is 6.90. The van der Waals surface area contributed by atoms with E-state index in [1.165, 1.54) is 0 Å². The summed E-state index contributed by atoms with van der Waals surface area (Å²) in [5.41, 5.74) is 3.14. The highest BCUT2D eigenvalue weighted by atomic mass is 16.1. The molecule has 0 spiro atoms. The summed E-state index contributed by atoms with van der Waals surface area (Å²) in [6.07, 6.45) is 7.71. The molecule has 1 aliphatic rings. The van der Waals surface area contributed by atoms with Crippen molar-refractivity contribution in [3.05, 3.63) is 42.0 Å². The number of rotatable bonds is 4. The van der Waals surface area contributed by atoms with Gasteiger partial charge in [-0.05, 0) is 36.3 Å². The third-order valence-electron chi connectivity index (χ3n) is 4.55. The monoisotopic (exact) mass is 338 g/mol. The van der Waals surface area contributed by atoms with Crippen LogP contribution >= 0.6 is 0 Å². The lowest BCUT2D eigenvalue weighted by Crippen LogP contribution is -2.37. The highest BCUT2D eigenvalue weighted by Gasteiger charge is 2.34. The van der Waals surface area contributed by atoms with Crippen LogP contribution in [0.1, 0.15) is 57.8 Å². The molecule has 0 saturated heterocycles. The van der Waals surface area contributed by atoms with Crippen molar-refractivity contribution in [1.29, 1.82) is 0 Å². The van der Waals surface area contributed by atoms with E-state index in [4.69, 9.17) is 4.98 Å². The molecule has 0 fully saturated rings. The smallest absolute Gasteiger partial charge is 0.220 e. The van der Waals surface area contributed by atoms with E-state index in [-0.39, 0.29) is 17.4 Å². The normalized spacial score (nSPS) is 18.7. The molecule has 0 bridgehead atoms. The maximum absolute atomic E-state index is 12.3. The van der Waals surface area contributed by atoms with Crippen LogP contribution in [0.25, 0.3) is 11.4 Å². The molecule has 1 atom stereocenters. The highest BCUT2D eigenvalue weighted by molar-refractivity contribution is 5.76. The molecule has 1 aliphatic carbocycles. The van der Waals surface area contributed by atoms with Gasteiger partial charge < -0.3 is 5.32 Å². The molecule has 0 unspecified atom stereocenters. The van der Waals surface area contributed by atoms with Gasteiger partial charge in [0.05, 0.1) is 11.7 Å². The molecule has 2 aromatic rings. The lowest BCUT2D eigenvalue weighted by Gasteiger charge is -2.36. The van der Waals surface area contributed by atoms with Crippen molar-refractivity contribution in [1.82, 2.24) is 20.3 Å². The second-order valence-corrected chi connectivity index (χ2v) is 8.09. The first-order valence-electron chi connectivity index (χ1n) is 8.89. The van der Waals surface area contributed by atoms with Crippen LogP contribution in [-0.4, -0.2) is 20.9 Å². The first-order chi connectivity index (χ1) is 11.8. The summed E-state index contributed by atoms with van der Waals surface area (Å²) in [5, 5.41) is 3.19. The molecule has 0 saturated carbocycles. The first-order valence-corrected chi connectivity index (χ1v) is 8.89. The van der Waals surface area contributed by atoms with E-state index in [2.05, 4.69) is 43.0 Å². The summed E-state index contributed by atoms with van der Waals surface area (Å²) in [6.45, 7) is 8.57. The molecule has 0 aromatic carbocycles. The van der Waals surface area contributed by atoms with Crippen LogP contribution in [0.3, 0.4) is 0 Å². The standard InChI is InChI=1S/C20H26N4O/c1-13(2)9-18(25)23-16-10-20(3,4)11-17-15(16)12-22-19(24-17)14-5-7-21-8-6-14/h5-8,12-13,16H,9-11H2,1-4H3,(H,23,25)/t16-/m0/s1. The molecular formula is C20H26N4O. The molecule has 5 nitrogen and oxygen atoms in total. The minimum absolute atomic E-state index is 0.0171. The van der Waals surface area contributed by atoms with Crippen LogP contribution in [0.2, 0.25) is 0 Å². The molecule has 1 amide bonds. The van der Waals surface area contributed by atoms with Crippen molar-refractivity contribution in [2.24, 2.45) is 11.3 Å². The van der Waals surface area contributed by atoms with Crippen molar-refractivity contribution in [3.63, 3.8) is 0 Å². The lowest BCUT2D eigenvalue weighted by atomic mass is 9.74. The summed E-state index contributed by atoms with van der Waals surface area (Å²) in [4.78, 5) is 25.7. The van der Waals surface area contributed by atoms with Gasteiger partial charge in [-0.25, -0.2) is 9.97 Å². The Balaban J connectivity index is 1.91. The van der Waals surface area contributed by atoms with Gasteiger partial charge in [0.15, 0.2) is 5.82 Å².